The summed E-state index contributed by atoms with van der Waals surface area (Å²) < 4.78 is 5.18. The average Bonchev–Trinajstić information content (AvgIpc) is 3.39. The first-order chi connectivity index (χ1) is 14.6. The van der Waals surface area contributed by atoms with E-state index in [9.17, 15) is 9.59 Å². The summed E-state index contributed by atoms with van der Waals surface area (Å²) in [7, 11) is 1.65. The molecule has 1 saturated heterocycles. The summed E-state index contributed by atoms with van der Waals surface area (Å²) in [6, 6.07) is 8.28. The van der Waals surface area contributed by atoms with E-state index in [1.807, 2.05) is 29.2 Å². The highest BCUT2D eigenvalue weighted by Gasteiger charge is 2.38. The molecule has 2 amide bonds. The predicted octanol–water partition coefficient (Wildman–Crippen LogP) is 3.45. The fourth-order valence-electron chi connectivity index (χ4n) is 4.31. The third kappa shape index (κ3) is 4.98. The maximum atomic E-state index is 12.7. The largest absolute Gasteiger partial charge is 0.497 e. The van der Waals surface area contributed by atoms with Crippen molar-refractivity contribution in [2.75, 3.05) is 19.0 Å². The van der Waals surface area contributed by atoms with Crippen LogP contribution in [0.15, 0.2) is 24.3 Å². The smallest absolute Gasteiger partial charge is 0.231 e. The van der Waals surface area contributed by atoms with E-state index in [2.05, 4.69) is 15.5 Å². The first kappa shape index (κ1) is 20.8. The lowest BCUT2D eigenvalue weighted by atomic mass is 9.94. The van der Waals surface area contributed by atoms with Gasteiger partial charge in [-0.05, 0) is 37.0 Å². The summed E-state index contributed by atoms with van der Waals surface area (Å²) in [6.07, 6.45) is 7.63. The topological polar surface area (TPSA) is 84.4 Å². The quantitative estimate of drug-likeness (QED) is 0.730. The van der Waals surface area contributed by atoms with Gasteiger partial charge >= 0.3 is 0 Å². The Morgan fingerprint density at radius 2 is 1.93 bits per heavy atom. The van der Waals surface area contributed by atoms with Gasteiger partial charge in [0, 0.05) is 25.4 Å². The molecule has 2 aliphatic rings. The van der Waals surface area contributed by atoms with Gasteiger partial charge in [0.2, 0.25) is 16.9 Å². The Hall–Kier alpha value is -2.48. The molecule has 0 bridgehead atoms. The van der Waals surface area contributed by atoms with Crippen molar-refractivity contribution in [1.29, 1.82) is 0 Å². The van der Waals surface area contributed by atoms with Crippen LogP contribution in [0.3, 0.4) is 0 Å². The third-order valence-electron chi connectivity index (χ3n) is 6.03. The second-order valence-electron chi connectivity index (χ2n) is 8.08. The molecule has 30 heavy (non-hydrogen) atoms. The Kier molecular flexibility index (Phi) is 6.62. The van der Waals surface area contributed by atoms with Crippen molar-refractivity contribution >= 4 is 28.3 Å². The van der Waals surface area contributed by atoms with Crippen molar-refractivity contribution < 1.29 is 14.3 Å². The lowest BCUT2D eigenvalue weighted by Crippen LogP contribution is -2.38. The number of carbonyl (C=O) groups is 2. The zero-order chi connectivity index (χ0) is 20.9. The molecule has 8 heteroatoms. The van der Waals surface area contributed by atoms with E-state index >= 15 is 0 Å². The van der Waals surface area contributed by atoms with Crippen LogP contribution in [0, 0.1) is 5.92 Å². The average molecular weight is 429 g/mol. The molecule has 1 unspecified atom stereocenters. The van der Waals surface area contributed by atoms with Gasteiger partial charge < -0.3 is 15.0 Å². The number of likely N-dealkylation sites (tertiary alicyclic amines) is 1. The maximum Gasteiger partial charge on any atom is 0.231 e. The second kappa shape index (κ2) is 9.55. The number of benzene rings is 1. The fraction of sp³-hybridized carbons (Fsp3) is 0.545. The van der Waals surface area contributed by atoms with E-state index < -0.39 is 0 Å². The minimum atomic E-state index is -0.300. The number of methoxy groups -OCH3 is 1. The van der Waals surface area contributed by atoms with E-state index in [1.54, 1.807) is 7.11 Å². The van der Waals surface area contributed by atoms with Crippen molar-refractivity contribution in [3.05, 3.63) is 34.8 Å². The Morgan fingerprint density at radius 1 is 1.17 bits per heavy atom. The summed E-state index contributed by atoms with van der Waals surface area (Å²) >= 11 is 1.40. The SMILES string of the molecule is COc1ccc(CCc2nnc(NC(=O)C3CC(=O)N(C4CCCCC4)C3)s2)cc1. The Labute approximate surface area is 180 Å². The zero-order valence-electron chi connectivity index (χ0n) is 17.3. The van der Waals surface area contributed by atoms with Crippen molar-refractivity contribution in [3.63, 3.8) is 0 Å². The molecule has 4 rings (SSSR count). The molecular formula is C22H28N4O3S. The van der Waals surface area contributed by atoms with E-state index in [-0.39, 0.29) is 17.7 Å². The minimum Gasteiger partial charge on any atom is -0.497 e. The van der Waals surface area contributed by atoms with Crippen LogP contribution in [-0.4, -0.2) is 46.6 Å². The lowest BCUT2D eigenvalue weighted by molar-refractivity contribution is -0.130. The number of aromatic nitrogens is 2. The van der Waals surface area contributed by atoms with E-state index in [4.69, 9.17) is 4.74 Å². The summed E-state index contributed by atoms with van der Waals surface area (Å²) in [5, 5.41) is 12.6. The second-order valence-corrected chi connectivity index (χ2v) is 9.14. The molecule has 1 N–H and O–H groups in total. The highest BCUT2D eigenvalue weighted by atomic mass is 32.1. The van der Waals surface area contributed by atoms with Gasteiger partial charge in [-0.1, -0.05) is 42.7 Å². The number of hydrogen-bond acceptors (Lipinski definition) is 6. The van der Waals surface area contributed by atoms with Crippen LogP contribution in [0.2, 0.25) is 0 Å². The molecule has 1 aliphatic heterocycles. The summed E-state index contributed by atoms with van der Waals surface area (Å²) in [5.41, 5.74) is 1.20. The molecule has 0 spiro atoms. The number of aryl methyl sites for hydroxylation is 2. The number of rotatable bonds is 7. The number of hydrogen-bond donors (Lipinski definition) is 1. The standard InChI is InChI=1S/C22H28N4O3S/c1-29-18-10-7-15(8-11-18)9-12-19-24-25-22(30-19)23-21(28)16-13-20(27)26(14-16)17-5-3-2-4-6-17/h7-8,10-11,16-17H,2-6,9,12-14H2,1H3,(H,23,25,28). The zero-order valence-corrected chi connectivity index (χ0v) is 18.1. The van der Waals surface area contributed by atoms with Gasteiger partial charge in [-0.3, -0.25) is 9.59 Å². The number of carbonyl (C=O) groups excluding carboxylic acids is 2. The molecule has 1 aromatic carbocycles. The number of anilines is 1. The monoisotopic (exact) mass is 428 g/mol. The molecule has 1 atom stereocenters. The summed E-state index contributed by atoms with van der Waals surface area (Å²) in [4.78, 5) is 27.0. The van der Waals surface area contributed by atoms with Crippen LogP contribution in [0.1, 0.15) is 49.1 Å². The molecular weight excluding hydrogens is 400 g/mol. The van der Waals surface area contributed by atoms with E-state index in [0.29, 0.717) is 24.1 Å². The third-order valence-corrected chi connectivity index (χ3v) is 6.93. The van der Waals surface area contributed by atoms with Crippen LogP contribution in [0.5, 0.6) is 5.75 Å². The van der Waals surface area contributed by atoms with E-state index in [1.165, 1.54) is 36.2 Å². The van der Waals surface area contributed by atoms with Crippen LogP contribution in [0.25, 0.3) is 0 Å². The van der Waals surface area contributed by atoms with E-state index in [0.717, 1.165) is 36.4 Å². The van der Waals surface area contributed by atoms with Crippen molar-refractivity contribution in [1.82, 2.24) is 15.1 Å². The van der Waals surface area contributed by atoms with Crippen LogP contribution < -0.4 is 10.1 Å². The Balaban J connectivity index is 1.27. The fourth-order valence-corrected chi connectivity index (χ4v) is 5.05. The van der Waals surface area contributed by atoms with Gasteiger partial charge in [-0.15, -0.1) is 10.2 Å². The van der Waals surface area contributed by atoms with Crippen molar-refractivity contribution in [2.45, 2.75) is 57.4 Å². The summed E-state index contributed by atoms with van der Waals surface area (Å²) in [5.74, 6) is 0.525. The normalized spacial score (nSPS) is 19.8. The Bertz CT molecular complexity index is 877. The number of nitrogens with one attached hydrogen (secondary N) is 1. The van der Waals surface area contributed by atoms with Crippen molar-refractivity contribution in [2.24, 2.45) is 5.92 Å². The highest BCUT2D eigenvalue weighted by Crippen LogP contribution is 2.29. The molecule has 1 saturated carbocycles. The van der Waals surface area contributed by atoms with Gasteiger partial charge in [-0.25, -0.2) is 0 Å². The first-order valence-electron chi connectivity index (χ1n) is 10.7. The Morgan fingerprint density at radius 3 is 2.67 bits per heavy atom. The van der Waals surface area contributed by atoms with Gasteiger partial charge in [0.1, 0.15) is 10.8 Å². The van der Waals surface area contributed by atoms with Gasteiger partial charge in [0.05, 0.1) is 13.0 Å². The molecule has 2 aromatic rings. The number of nitrogens with zero attached hydrogens (tertiary/aromatic N) is 3. The minimum absolute atomic E-state index is 0.111. The molecule has 2 heterocycles. The molecule has 0 radical (unpaired) electrons. The highest BCUT2D eigenvalue weighted by molar-refractivity contribution is 7.15. The predicted molar refractivity (Wildman–Crippen MR) is 116 cm³/mol. The van der Waals surface area contributed by atoms with Gasteiger partial charge in [-0.2, -0.15) is 0 Å². The van der Waals surface area contributed by atoms with Crippen molar-refractivity contribution in [3.8, 4) is 5.75 Å². The number of ether oxygens (including phenoxy) is 1. The van der Waals surface area contributed by atoms with Crippen LogP contribution in [-0.2, 0) is 22.4 Å². The van der Waals surface area contributed by atoms with Crippen LogP contribution >= 0.6 is 11.3 Å². The molecule has 1 aliphatic carbocycles. The lowest BCUT2D eigenvalue weighted by Gasteiger charge is -2.31. The van der Waals surface area contributed by atoms with Crippen LogP contribution in [0.4, 0.5) is 5.13 Å². The van der Waals surface area contributed by atoms with Gasteiger partial charge in [0.15, 0.2) is 0 Å². The maximum absolute atomic E-state index is 12.7. The molecule has 2 fully saturated rings. The van der Waals surface area contributed by atoms with Gasteiger partial charge in [0.25, 0.3) is 0 Å². The first-order valence-corrected chi connectivity index (χ1v) is 11.5. The molecule has 160 valence electrons. The number of amides is 2. The summed E-state index contributed by atoms with van der Waals surface area (Å²) in [6.45, 7) is 0.526. The molecule has 7 nitrogen and oxygen atoms in total. The molecule has 1 aromatic heterocycles.